The van der Waals surface area contributed by atoms with Gasteiger partial charge in [-0.05, 0) is 12.1 Å². The maximum Gasteiger partial charge on any atom is 0.177 e. The highest BCUT2D eigenvalue weighted by Crippen LogP contribution is 2.22. The van der Waals surface area contributed by atoms with E-state index in [0.717, 1.165) is 22.6 Å². The van der Waals surface area contributed by atoms with Crippen molar-refractivity contribution >= 4 is 16.8 Å². The molecule has 0 radical (unpaired) electrons. The number of imidazole rings is 1. The summed E-state index contributed by atoms with van der Waals surface area (Å²) in [6.45, 7) is 0.625. The van der Waals surface area contributed by atoms with Crippen LogP contribution < -0.4 is 5.32 Å². The molecule has 0 atom stereocenters. The van der Waals surface area contributed by atoms with Crippen molar-refractivity contribution in [3.05, 3.63) is 42.5 Å². The number of hydrogen-bond donors (Lipinski definition) is 1. The van der Waals surface area contributed by atoms with Crippen LogP contribution in [0.15, 0.2) is 41.2 Å². The van der Waals surface area contributed by atoms with Gasteiger partial charge in [0.2, 0.25) is 0 Å². The monoisotopic (exact) mass is 228 g/mol. The highest BCUT2D eigenvalue weighted by atomic mass is 16.5. The molecule has 0 unspecified atom stereocenters. The van der Waals surface area contributed by atoms with Gasteiger partial charge in [0, 0.05) is 19.4 Å². The second-order valence-corrected chi connectivity index (χ2v) is 3.84. The topological polar surface area (TPSA) is 55.9 Å². The fourth-order valence-electron chi connectivity index (χ4n) is 1.74. The van der Waals surface area contributed by atoms with Crippen molar-refractivity contribution in [1.29, 1.82) is 0 Å². The Morgan fingerprint density at radius 1 is 1.35 bits per heavy atom. The maximum absolute atomic E-state index is 5.21. The molecule has 2 heterocycles. The molecule has 1 aromatic carbocycles. The number of anilines is 1. The molecule has 0 spiro atoms. The third kappa shape index (κ3) is 1.75. The summed E-state index contributed by atoms with van der Waals surface area (Å²) in [6, 6.07) is 7.77. The second-order valence-electron chi connectivity index (χ2n) is 3.84. The molecular weight excluding hydrogens is 216 g/mol. The van der Waals surface area contributed by atoms with Crippen LogP contribution >= 0.6 is 0 Å². The minimum absolute atomic E-state index is 0.625. The largest absolute Gasteiger partial charge is 0.360 e. The zero-order valence-electron chi connectivity index (χ0n) is 9.42. The van der Waals surface area contributed by atoms with Crippen molar-refractivity contribution in [1.82, 2.24) is 14.7 Å². The van der Waals surface area contributed by atoms with Gasteiger partial charge in [0.25, 0.3) is 0 Å². The van der Waals surface area contributed by atoms with E-state index in [1.807, 2.05) is 42.1 Å². The Balaban J connectivity index is 1.84. The summed E-state index contributed by atoms with van der Waals surface area (Å²) in [5, 5.41) is 8.21. The van der Waals surface area contributed by atoms with Gasteiger partial charge in [-0.25, -0.2) is 4.98 Å². The van der Waals surface area contributed by atoms with Crippen LogP contribution in [0.25, 0.3) is 11.0 Å². The third-order valence-electron chi connectivity index (χ3n) is 2.71. The lowest BCUT2D eigenvalue weighted by Crippen LogP contribution is -2.05. The number of para-hydroxylation sites is 1. The highest BCUT2D eigenvalue weighted by Gasteiger charge is 2.07. The minimum atomic E-state index is 0.625. The predicted molar refractivity (Wildman–Crippen MR) is 64.5 cm³/mol. The molecule has 0 bridgehead atoms. The fourth-order valence-corrected chi connectivity index (χ4v) is 1.74. The Hall–Kier alpha value is -2.30. The normalized spacial score (nSPS) is 10.9. The van der Waals surface area contributed by atoms with E-state index in [0.29, 0.717) is 6.54 Å². The molecule has 0 amide bonds. The summed E-state index contributed by atoms with van der Waals surface area (Å²) < 4.78 is 7.18. The van der Waals surface area contributed by atoms with Crippen LogP contribution in [0.4, 0.5) is 5.82 Å². The van der Waals surface area contributed by atoms with E-state index in [-0.39, 0.29) is 0 Å². The van der Waals surface area contributed by atoms with Crippen LogP contribution in [0.3, 0.4) is 0 Å². The van der Waals surface area contributed by atoms with Gasteiger partial charge in [0.1, 0.15) is 5.82 Å². The van der Waals surface area contributed by atoms with Crippen LogP contribution in [0, 0.1) is 0 Å². The van der Waals surface area contributed by atoms with Crippen LogP contribution in [0.2, 0.25) is 0 Å². The zero-order chi connectivity index (χ0) is 11.7. The van der Waals surface area contributed by atoms with Crippen LogP contribution in [0.1, 0.15) is 5.82 Å². The summed E-state index contributed by atoms with van der Waals surface area (Å²) in [5.41, 5.74) is 0.787. The first-order valence-corrected chi connectivity index (χ1v) is 5.39. The van der Waals surface area contributed by atoms with Gasteiger partial charge in [-0.15, -0.1) is 0 Å². The summed E-state index contributed by atoms with van der Waals surface area (Å²) in [7, 11) is 1.96. The van der Waals surface area contributed by atoms with E-state index >= 15 is 0 Å². The molecule has 0 aliphatic heterocycles. The number of nitrogens with zero attached hydrogens (tertiary/aromatic N) is 3. The highest BCUT2D eigenvalue weighted by molar-refractivity contribution is 5.87. The summed E-state index contributed by atoms with van der Waals surface area (Å²) in [6.07, 6.45) is 3.69. The van der Waals surface area contributed by atoms with Crippen LogP contribution in [-0.4, -0.2) is 14.7 Å². The molecule has 3 rings (SSSR count). The van der Waals surface area contributed by atoms with Gasteiger partial charge >= 0.3 is 0 Å². The van der Waals surface area contributed by atoms with Gasteiger partial charge < -0.3 is 14.4 Å². The van der Waals surface area contributed by atoms with Crippen molar-refractivity contribution < 1.29 is 4.52 Å². The van der Waals surface area contributed by atoms with Crippen molar-refractivity contribution in [2.45, 2.75) is 6.54 Å². The average molecular weight is 228 g/mol. The van der Waals surface area contributed by atoms with Crippen molar-refractivity contribution in [3.63, 3.8) is 0 Å². The van der Waals surface area contributed by atoms with Gasteiger partial charge in [-0.2, -0.15) is 0 Å². The first-order chi connectivity index (χ1) is 8.34. The first-order valence-electron chi connectivity index (χ1n) is 5.39. The zero-order valence-corrected chi connectivity index (χ0v) is 9.42. The molecule has 0 saturated heterocycles. The van der Waals surface area contributed by atoms with E-state index in [1.165, 1.54) is 0 Å². The first kappa shape index (κ1) is 9.89. The number of rotatable bonds is 3. The quantitative estimate of drug-likeness (QED) is 0.746. The number of fused-ring (bicyclic) bond motifs is 1. The number of nitrogens with one attached hydrogen (secondary N) is 1. The third-order valence-corrected chi connectivity index (χ3v) is 2.71. The lowest BCUT2D eigenvalue weighted by molar-refractivity contribution is 0.459. The van der Waals surface area contributed by atoms with Gasteiger partial charge in [0.05, 0.1) is 11.9 Å². The average Bonchev–Trinajstić information content (AvgIpc) is 2.93. The second kappa shape index (κ2) is 3.93. The molecule has 5 nitrogen and oxygen atoms in total. The Labute approximate surface area is 98.1 Å². The molecule has 3 aromatic rings. The maximum atomic E-state index is 5.21. The SMILES string of the molecule is Cn1ccnc1CNc1noc2ccccc12. The molecule has 5 heteroatoms. The lowest BCUT2D eigenvalue weighted by Gasteiger charge is -2.02. The molecule has 1 N–H and O–H groups in total. The molecule has 0 saturated carbocycles. The molecule has 0 aliphatic rings. The Morgan fingerprint density at radius 3 is 3.06 bits per heavy atom. The minimum Gasteiger partial charge on any atom is -0.360 e. The van der Waals surface area contributed by atoms with Crippen molar-refractivity contribution in [2.24, 2.45) is 7.05 Å². The van der Waals surface area contributed by atoms with E-state index in [1.54, 1.807) is 6.20 Å². The van der Waals surface area contributed by atoms with Crippen molar-refractivity contribution in [2.75, 3.05) is 5.32 Å². The number of aromatic nitrogens is 3. The van der Waals surface area contributed by atoms with Gasteiger partial charge in [-0.3, -0.25) is 0 Å². The predicted octanol–water partition coefficient (Wildman–Crippen LogP) is 2.17. The van der Waals surface area contributed by atoms with Crippen LogP contribution in [0.5, 0.6) is 0 Å². The molecule has 86 valence electrons. The van der Waals surface area contributed by atoms with E-state index in [4.69, 9.17) is 4.52 Å². The van der Waals surface area contributed by atoms with Gasteiger partial charge in [-0.1, -0.05) is 17.3 Å². The van der Waals surface area contributed by atoms with E-state index in [2.05, 4.69) is 15.5 Å². The lowest BCUT2D eigenvalue weighted by atomic mass is 10.2. The van der Waals surface area contributed by atoms with Crippen molar-refractivity contribution in [3.8, 4) is 0 Å². The smallest absolute Gasteiger partial charge is 0.177 e. The number of hydrogen-bond acceptors (Lipinski definition) is 4. The standard InChI is InChI=1S/C12H12N4O/c1-16-7-6-13-11(16)8-14-12-9-4-2-3-5-10(9)17-15-12/h2-7H,8H2,1H3,(H,14,15). The van der Waals surface area contributed by atoms with E-state index < -0.39 is 0 Å². The van der Waals surface area contributed by atoms with Crippen LogP contribution in [-0.2, 0) is 13.6 Å². The molecule has 0 aliphatic carbocycles. The summed E-state index contributed by atoms with van der Waals surface area (Å²) in [5.74, 6) is 1.71. The Morgan fingerprint density at radius 2 is 2.24 bits per heavy atom. The number of aryl methyl sites for hydroxylation is 1. The fraction of sp³-hybridized carbons (Fsp3) is 0.167. The summed E-state index contributed by atoms with van der Waals surface area (Å²) in [4.78, 5) is 4.24. The van der Waals surface area contributed by atoms with Gasteiger partial charge in [0.15, 0.2) is 11.4 Å². The Bertz CT molecular complexity index is 641. The Kier molecular flexibility index (Phi) is 2.29. The molecule has 17 heavy (non-hydrogen) atoms. The molecule has 0 fully saturated rings. The molecular formula is C12H12N4O. The number of benzene rings is 1. The molecule has 2 aromatic heterocycles. The summed E-state index contributed by atoms with van der Waals surface area (Å²) >= 11 is 0. The van der Waals surface area contributed by atoms with E-state index in [9.17, 15) is 0 Å².